The van der Waals surface area contributed by atoms with Gasteiger partial charge in [-0.25, -0.2) is 8.42 Å². The van der Waals surface area contributed by atoms with Crippen molar-refractivity contribution in [3.05, 3.63) is 17.5 Å². The first-order chi connectivity index (χ1) is 9.89. The Labute approximate surface area is 130 Å². The van der Waals surface area contributed by atoms with Gasteiger partial charge in [0.15, 0.2) is 0 Å². The molecule has 1 N–H and O–H groups in total. The maximum Gasteiger partial charge on any atom is 0.252 e. The average Bonchev–Trinajstić information content (AvgIpc) is 2.97. The van der Waals surface area contributed by atoms with E-state index in [0.717, 1.165) is 28.5 Å². The van der Waals surface area contributed by atoms with E-state index in [1.54, 1.807) is 18.5 Å². The van der Waals surface area contributed by atoms with Crippen LogP contribution in [0.25, 0.3) is 0 Å². The summed E-state index contributed by atoms with van der Waals surface area (Å²) in [7, 11) is -0.513. The number of sulfonamides is 1. The minimum Gasteiger partial charge on any atom is -0.396 e. The van der Waals surface area contributed by atoms with Crippen LogP contribution in [0.1, 0.15) is 19.3 Å². The Morgan fingerprint density at radius 2 is 2.00 bits per heavy atom. The summed E-state index contributed by atoms with van der Waals surface area (Å²) in [6.07, 6.45) is 2.36. The summed E-state index contributed by atoms with van der Waals surface area (Å²) in [4.78, 5) is 13.5. The zero-order valence-corrected chi connectivity index (χ0v) is 14.0. The lowest BCUT2D eigenvalue weighted by atomic mass is 10.2. The first-order valence-corrected chi connectivity index (χ1v) is 9.06. The minimum absolute atomic E-state index is 0.152. The Morgan fingerprint density at radius 3 is 2.57 bits per heavy atom. The van der Waals surface area contributed by atoms with Gasteiger partial charge in [0.1, 0.15) is 4.21 Å². The number of hydrogen-bond donors (Lipinski definition) is 1. The monoisotopic (exact) mass is 334 g/mol. The number of thiophene rings is 1. The van der Waals surface area contributed by atoms with Crippen molar-refractivity contribution in [2.24, 2.45) is 0 Å². The quantitative estimate of drug-likeness (QED) is 0.683. The summed E-state index contributed by atoms with van der Waals surface area (Å²) < 4.78 is 25.7. The summed E-state index contributed by atoms with van der Waals surface area (Å²) >= 11 is 1.13. The van der Waals surface area contributed by atoms with Crippen molar-refractivity contribution < 1.29 is 18.3 Å². The number of nitrogens with zero attached hydrogens (tertiary/aromatic N) is 2. The van der Waals surface area contributed by atoms with Crippen LogP contribution in [0.5, 0.6) is 0 Å². The second-order valence-corrected chi connectivity index (χ2v) is 8.01. The molecule has 120 valence electrons. The Hall–Kier alpha value is -0.960. The van der Waals surface area contributed by atoms with E-state index in [1.807, 2.05) is 0 Å². The number of aliphatic hydroxyl groups excluding tert-OH is 1. The smallest absolute Gasteiger partial charge is 0.252 e. The molecule has 8 heteroatoms. The van der Waals surface area contributed by atoms with E-state index in [0.29, 0.717) is 13.0 Å². The molecule has 0 aromatic carbocycles. The van der Waals surface area contributed by atoms with Gasteiger partial charge in [-0.3, -0.25) is 4.79 Å². The average molecular weight is 334 g/mol. The van der Waals surface area contributed by atoms with E-state index in [9.17, 15) is 13.2 Å². The third-order valence-corrected chi connectivity index (χ3v) is 6.27. The molecule has 0 bridgehead atoms. The van der Waals surface area contributed by atoms with Crippen molar-refractivity contribution >= 4 is 27.3 Å². The van der Waals surface area contributed by atoms with Gasteiger partial charge in [-0.1, -0.05) is 6.07 Å². The molecule has 1 heterocycles. The molecule has 0 atom stereocenters. The number of carbonyl (C=O) groups excluding carboxylic acids is 1. The molecule has 21 heavy (non-hydrogen) atoms. The third-order valence-electron chi connectivity index (χ3n) is 3.09. The fourth-order valence-corrected chi connectivity index (χ4v) is 4.04. The van der Waals surface area contributed by atoms with Crippen LogP contribution in [0.15, 0.2) is 21.7 Å². The van der Waals surface area contributed by atoms with E-state index < -0.39 is 10.0 Å². The molecule has 0 aliphatic heterocycles. The number of unbranched alkanes of at least 4 members (excludes halogenated alkanes) is 2. The fraction of sp³-hybridized carbons (Fsp3) is 0.615. The number of aliphatic hydroxyl groups is 1. The molecule has 0 radical (unpaired) electrons. The molecule has 6 nitrogen and oxygen atoms in total. The van der Waals surface area contributed by atoms with Crippen molar-refractivity contribution in [1.29, 1.82) is 0 Å². The van der Waals surface area contributed by atoms with Crippen LogP contribution in [0.4, 0.5) is 0 Å². The van der Waals surface area contributed by atoms with Crippen molar-refractivity contribution in [2.45, 2.75) is 23.5 Å². The van der Waals surface area contributed by atoms with Crippen molar-refractivity contribution in [1.82, 2.24) is 9.21 Å². The number of likely N-dealkylation sites (N-methyl/N-ethyl adjacent to an activating group) is 2. The Bertz CT molecular complexity index is 528. The molecular weight excluding hydrogens is 312 g/mol. The van der Waals surface area contributed by atoms with Gasteiger partial charge in [0.05, 0.1) is 6.54 Å². The van der Waals surface area contributed by atoms with Crippen LogP contribution in [0.3, 0.4) is 0 Å². The van der Waals surface area contributed by atoms with Crippen LogP contribution in [-0.2, 0) is 14.8 Å². The molecule has 1 amide bonds. The summed E-state index contributed by atoms with van der Waals surface area (Å²) in [6.45, 7) is 0.544. The highest BCUT2D eigenvalue weighted by Gasteiger charge is 2.24. The molecule has 0 spiro atoms. The second-order valence-electron chi connectivity index (χ2n) is 4.79. The molecule has 1 rings (SSSR count). The fourth-order valence-electron chi connectivity index (χ4n) is 1.72. The van der Waals surface area contributed by atoms with Gasteiger partial charge >= 0.3 is 0 Å². The van der Waals surface area contributed by atoms with E-state index in [1.165, 1.54) is 18.0 Å². The van der Waals surface area contributed by atoms with E-state index >= 15 is 0 Å². The van der Waals surface area contributed by atoms with E-state index in [2.05, 4.69) is 0 Å². The van der Waals surface area contributed by atoms with Gasteiger partial charge < -0.3 is 10.0 Å². The maximum atomic E-state index is 12.2. The molecule has 0 fully saturated rings. The lowest BCUT2D eigenvalue weighted by molar-refractivity contribution is -0.129. The van der Waals surface area contributed by atoms with Crippen molar-refractivity contribution in [3.8, 4) is 0 Å². The van der Waals surface area contributed by atoms with Gasteiger partial charge in [-0.05, 0) is 30.7 Å². The minimum atomic E-state index is -3.58. The van der Waals surface area contributed by atoms with E-state index in [-0.39, 0.29) is 23.3 Å². The Morgan fingerprint density at radius 1 is 1.29 bits per heavy atom. The molecule has 0 saturated carbocycles. The number of hydrogen-bond acceptors (Lipinski definition) is 5. The number of amides is 1. The van der Waals surface area contributed by atoms with Gasteiger partial charge in [-0.2, -0.15) is 4.31 Å². The maximum absolute atomic E-state index is 12.2. The normalized spacial score (nSPS) is 11.8. The highest BCUT2D eigenvalue weighted by Crippen LogP contribution is 2.19. The van der Waals surface area contributed by atoms with Crippen LogP contribution >= 0.6 is 11.3 Å². The third kappa shape index (κ3) is 5.39. The molecule has 1 aromatic heterocycles. The summed E-state index contributed by atoms with van der Waals surface area (Å²) in [6, 6.07) is 3.19. The molecule has 0 aliphatic carbocycles. The molecule has 0 aliphatic rings. The SMILES string of the molecule is CN(CCCCCO)C(=O)CN(C)S(=O)(=O)c1cccs1. The summed E-state index contributed by atoms with van der Waals surface area (Å²) in [5.74, 6) is -0.235. The van der Waals surface area contributed by atoms with Crippen molar-refractivity contribution in [2.75, 3.05) is 33.8 Å². The van der Waals surface area contributed by atoms with E-state index in [4.69, 9.17) is 5.11 Å². The number of rotatable bonds is 9. The zero-order chi connectivity index (χ0) is 15.9. The van der Waals surface area contributed by atoms with Gasteiger partial charge in [-0.15, -0.1) is 11.3 Å². The van der Waals surface area contributed by atoms with Crippen molar-refractivity contribution in [3.63, 3.8) is 0 Å². The predicted molar refractivity (Wildman–Crippen MR) is 82.7 cm³/mol. The lowest BCUT2D eigenvalue weighted by Gasteiger charge is -2.21. The highest BCUT2D eigenvalue weighted by atomic mass is 32.2. The first kappa shape index (κ1) is 18.1. The predicted octanol–water partition coefficient (Wildman–Crippen LogP) is 0.990. The van der Waals surface area contributed by atoms with Crippen LogP contribution in [0, 0.1) is 0 Å². The summed E-state index contributed by atoms with van der Waals surface area (Å²) in [5.41, 5.74) is 0. The topological polar surface area (TPSA) is 77.9 Å². The zero-order valence-electron chi connectivity index (χ0n) is 12.4. The van der Waals surface area contributed by atoms with Crippen LogP contribution in [-0.4, -0.2) is 62.4 Å². The van der Waals surface area contributed by atoms with Crippen LogP contribution < -0.4 is 0 Å². The largest absolute Gasteiger partial charge is 0.396 e. The van der Waals surface area contributed by atoms with Gasteiger partial charge in [0, 0.05) is 27.2 Å². The highest BCUT2D eigenvalue weighted by molar-refractivity contribution is 7.91. The standard InChI is InChI=1S/C13H22N2O4S2/c1-14(8-4-3-5-9-16)12(17)11-15(2)21(18,19)13-7-6-10-20-13/h6-7,10,16H,3-5,8-9,11H2,1-2H3. The van der Waals surface area contributed by atoms with Crippen LogP contribution in [0.2, 0.25) is 0 Å². The summed E-state index contributed by atoms with van der Waals surface area (Å²) in [5, 5.41) is 10.4. The Kier molecular flexibility index (Phi) is 7.30. The number of carbonyl (C=O) groups is 1. The second kappa shape index (κ2) is 8.47. The van der Waals surface area contributed by atoms with Gasteiger partial charge in [0.2, 0.25) is 5.91 Å². The molecule has 0 saturated heterocycles. The molecule has 0 unspecified atom stereocenters. The molecule has 1 aromatic rings. The lowest BCUT2D eigenvalue weighted by Crippen LogP contribution is -2.39. The van der Waals surface area contributed by atoms with Gasteiger partial charge in [0.25, 0.3) is 10.0 Å². The Balaban J connectivity index is 2.50. The first-order valence-electron chi connectivity index (χ1n) is 6.74. The molecular formula is C13H22N2O4S2.